The summed E-state index contributed by atoms with van der Waals surface area (Å²) < 4.78 is 21.3. The third-order valence-electron chi connectivity index (χ3n) is 8.70. The lowest BCUT2D eigenvalue weighted by atomic mass is 9.68. The Morgan fingerprint density at radius 3 is 2.50 bits per heavy atom. The quantitative estimate of drug-likeness (QED) is 0.580. The van der Waals surface area contributed by atoms with E-state index in [1.165, 1.54) is 42.5 Å². The average Bonchev–Trinajstić information content (AvgIpc) is 3.67. The second-order valence-electron chi connectivity index (χ2n) is 10.9. The highest BCUT2D eigenvalue weighted by Gasteiger charge is 2.49. The molecule has 0 bridgehead atoms. The first-order chi connectivity index (χ1) is 17.4. The van der Waals surface area contributed by atoms with Crippen molar-refractivity contribution in [1.29, 1.82) is 0 Å². The molecule has 1 spiro atoms. The Hall–Kier alpha value is -2.90. The summed E-state index contributed by atoms with van der Waals surface area (Å²) in [5.41, 5.74) is 3.56. The number of carbonyl (C=O) groups is 1. The lowest BCUT2D eigenvalue weighted by Crippen LogP contribution is -2.55. The van der Waals surface area contributed by atoms with Crippen LogP contribution in [0.1, 0.15) is 53.3 Å². The van der Waals surface area contributed by atoms with Gasteiger partial charge in [-0.2, -0.15) is 0 Å². The molecule has 1 saturated heterocycles. The molecular formula is C29H34FN3O3. The van der Waals surface area contributed by atoms with Crippen LogP contribution in [0.25, 0.3) is 10.9 Å². The number of aromatic nitrogens is 1. The molecule has 0 unspecified atom stereocenters. The van der Waals surface area contributed by atoms with E-state index >= 15 is 0 Å². The molecular weight excluding hydrogens is 457 g/mol. The number of likely N-dealkylation sites (tertiary alicyclic amines) is 1. The summed E-state index contributed by atoms with van der Waals surface area (Å²) in [6, 6.07) is 11.4. The van der Waals surface area contributed by atoms with Gasteiger partial charge in [0.1, 0.15) is 11.6 Å². The smallest absolute Gasteiger partial charge is 0.254 e. The third kappa shape index (κ3) is 3.80. The summed E-state index contributed by atoms with van der Waals surface area (Å²) in [5.74, 6) is 1.10. The minimum atomic E-state index is -0.476. The van der Waals surface area contributed by atoms with Gasteiger partial charge in [-0.15, -0.1) is 0 Å². The van der Waals surface area contributed by atoms with Crippen LogP contribution in [0.2, 0.25) is 0 Å². The first kappa shape index (κ1) is 23.5. The molecule has 36 heavy (non-hydrogen) atoms. The van der Waals surface area contributed by atoms with Crippen molar-refractivity contribution >= 4 is 16.8 Å². The summed E-state index contributed by atoms with van der Waals surface area (Å²) in [6.45, 7) is 3.55. The standard InChI is InChI=1S/C29H34FN3O3/c1-31-24-15-22(36-2)9-10-23(24)26-27(31)25(17-34)33(28(35)20-5-7-21(30)8-6-20)18-29(26)11-13-32(14-12-29)16-19-3-4-19/h5-10,15,19,25,34H,3-4,11-14,16-18H2,1-2H3/t25-/m0/s1. The summed E-state index contributed by atoms with van der Waals surface area (Å²) in [5, 5.41) is 11.8. The molecule has 190 valence electrons. The number of carbonyl (C=O) groups excluding carboxylic acids is 1. The predicted molar refractivity (Wildman–Crippen MR) is 137 cm³/mol. The molecule has 3 heterocycles. The van der Waals surface area contributed by atoms with Gasteiger partial charge >= 0.3 is 0 Å². The minimum Gasteiger partial charge on any atom is -0.497 e. The van der Waals surface area contributed by atoms with Crippen LogP contribution in [-0.4, -0.2) is 65.3 Å². The highest BCUT2D eigenvalue weighted by atomic mass is 19.1. The zero-order chi connectivity index (χ0) is 25.0. The lowest BCUT2D eigenvalue weighted by Gasteiger charge is -2.50. The number of hydrogen-bond acceptors (Lipinski definition) is 4. The van der Waals surface area contributed by atoms with Crippen LogP contribution in [0.5, 0.6) is 5.75 Å². The van der Waals surface area contributed by atoms with E-state index < -0.39 is 6.04 Å². The Morgan fingerprint density at radius 1 is 1.14 bits per heavy atom. The molecule has 1 aromatic heterocycles. The van der Waals surface area contributed by atoms with Crippen molar-refractivity contribution in [2.24, 2.45) is 13.0 Å². The van der Waals surface area contributed by atoms with Crippen LogP contribution in [0.15, 0.2) is 42.5 Å². The van der Waals surface area contributed by atoms with Crippen LogP contribution in [0.4, 0.5) is 4.39 Å². The molecule has 2 aromatic carbocycles. The molecule has 2 aliphatic heterocycles. The second-order valence-corrected chi connectivity index (χ2v) is 10.9. The summed E-state index contributed by atoms with van der Waals surface area (Å²) in [7, 11) is 3.69. The Bertz CT molecular complexity index is 1290. The molecule has 1 saturated carbocycles. The number of methoxy groups -OCH3 is 1. The molecule has 2 fully saturated rings. The van der Waals surface area contributed by atoms with Gasteiger partial charge in [0.2, 0.25) is 0 Å². The van der Waals surface area contributed by atoms with E-state index in [0.717, 1.165) is 48.8 Å². The van der Waals surface area contributed by atoms with Gasteiger partial charge in [0.05, 0.1) is 25.3 Å². The highest BCUT2D eigenvalue weighted by molar-refractivity contribution is 5.96. The molecule has 1 atom stereocenters. The van der Waals surface area contributed by atoms with Gasteiger partial charge in [0, 0.05) is 48.3 Å². The monoisotopic (exact) mass is 491 g/mol. The maximum atomic E-state index is 13.8. The SMILES string of the molecule is COc1ccc2c3c(n(C)c2c1)[C@H](CO)N(C(=O)c1ccc(F)cc1)CC31CCN(CC2CC2)CC1. The van der Waals surface area contributed by atoms with Crippen molar-refractivity contribution < 1.29 is 19.0 Å². The van der Waals surface area contributed by atoms with Gasteiger partial charge in [0.15, 0.2) is 0 Å². The number of fused-ring (bicyclic) bond motifs is 4. The normalized spacial score (nSPS) is 21.7. The number of amides is 1. The molecule has 7 heteroatoms. The van der Waals surface area contributed by atoms with Gasteiger partial charge in [-0.25, -0.2) is 4.39 Å². The minimum absolute atomic E-state index is 0.165. The number of halogens is 1. The predicted octanol–water partition coefficient (Wildman–Crippen LogP) is 4.26. The Balaban J connectivity index is 1.47. The van der Waals surface area contributed by atoms with Crippen molar-refractivity contribution in [2.75, 3.05) is 39.9 Å². The number of hydrogen-bond donors (Lipinski definition) is 1. The third-order valence-corrected chi connectivity index (χ3v) is 8.70. The van der Waals surface area contributed by atoms with Crippen molar-refractivity contribution in [3.05, 3.63) is 65.1 Å². The van der Waals surface area contributed by atoms with Gasteiger partial charge in [-0.05, 0) is 86.7 Å². The topological polar surface area (TPSA) is 57.9 Å². The fourth-order valence-electron chi connectivity index (χ4n) is 6.57. The van der Waals surface area contributed by atoms with Crippen LogP contribution in [0, 0.1) is 11.7 Å². The number of aryl methyl sites for hydroxylation is 1. The second kappa shape index (κ2) is 8.89. The number of ether oxygens (including phenoxy) is 1. The number of benzene rings is 2. The zero-order valence-corrected chi connectivity index (χ0v) is 21.0. The van der Waals surface area contributed by atoms with Crippen molar-refractivity contribution in [3.8, 4) is 5.75 Å². The molecule has 1 amide bonds. The Kier molecular flexibility index (Phi) is 5.80. The fourth-order valence-corrected chi connectivity index (χ4v) is 6.57. The summed E-state index contributed by atoms with van der Waals surface area (Å²) in [6.07, 6.45) is 4.61. The number of nitrogens with zero attached hydrogens (tertiary/aromatic N) is 3. The number of piperidine rings is 1. The first-order valence-electron chi connectivity index (χ1n) is 13.0. The van der Waals surface area contributed by atoms with E-state index in [-0.39, 0.29) is 23.7 Å². The van der Waals surface area contributed by atoms with Crippen LogP contribution < -0.4 is 4.74 Å². The van der Waals surface area contributed by atoms with E-state index in [9.17, 15) is 14.3 Å². The van der Waals surface area contributed by atoms with Gasteiger partial charge in [-0.3, -0.25) is 4.79 Å². The molecule has 1 N–H and O–H groups in total. The van der Waals surface area contributed by atoms with Gasteiger partial charge in [-0.1, -0.05) is 0 Å². The van der Waals surface area contributed by atoms with Gasteiger partial charge in [0.25, 0.3) is 5.91 Å². The number of rotatable bonds is 5. The summed E-state index contributed by atoms with van der Waals surface area (Å²) in [4.78, 5) is 18.2. The Labute approximate surface area is 211 Å². The molecule has 6 nitrogen and oxygen atoms in total. The lowest BCUT2D eigenvalue weighted by molar-refractivity contribution is 0.0332. The maximum Gasteiger partial charge on any atom is 0.254 e. The maximum absolute atomic E-state index is 13.8. The largest absolute Gasteiger partial charge is 0.497 e. The molecule has 6 rings (SSSR count). The van der Waals surface area contributed by atoms with E-state index in [0.29, 0.717) is 12.1 Å². The summed E-state index contributed by atoms with van der Waals surface area (Å²) >= 11 is 0. The van der Waals surface area contributed by atoms with E-state index in [4.69, 9.17) is 4.74 Å². The average molecular weight is 492 g/mol. The van der Waals surface area contributed by atoms with E-state index in [2.05, 4.69) is 15.5 Å². The van der Waals surface area contributed by atoms with Crippen LogP contribution >= 0.6 is 0 Å². The Morgan fingerprint density at radius 2 is 1.86 bits per heavy atom. The van der Waals surface area contributed by atoms with Crippen molar-refractivity contribution in [3.63, 3.8) is 0 Å². The highest BCUT2D eigenvalue weighted by Crippen LogP contribution is 2.50. The van der Waals surface area contributed by atoms with Crippen LogP contribution in [-0.2, 0) is 12.5 Å². The molecule has 3 aromatic rings. The van der Waals surface area contributed by atoms with E-state index in [1.807, 2.05) is 24.1 Å². The van der Waals surface area contributed by atoms with Crippen molar-refractivity contribution in [2.45, 2.75) is 37.1 Å². The zero-order valence-electron chi connectivity index (χ0n) is 21.0. The number of aliphatic hydroxyl groups excluding tert-OH is 1. The van der Waals surface area contributed by atoms with Crippen molar-refractivity contribution in [1.82, 2.24) is 14.4 Å². The fraction of sp³-hybridized carbons (Fsp3) is 0.483. The first-order valence-corrected chi connectivity index (χ1v) is 13.0. The van der Waals surface area contributed by atoms with Gasteiger partial charge < -0.3 is 24.2 Å². The molecule has 1 aliphatic carbocycles. The van der Waals surface area contributed by atoms with E-state index in [1.54, 1.807) is 19.2 Å². The molecule has 3 aliphatic rings. The molecule has 0 radical (unpaired) electrons. The van der Waals surface area contributed by atoms with Crippen LogP contribution in [0.3, 0.4) is 0 Å². The number of aliphatic hydroxyl groups is 1.